The molecule has 2 nitrogen and oxygen atoms in total. The van der Waals surface area contributed by atoms with Crippen LogP contribution in [0, 0.1) is 29.6 Å². The number of fused-ring (bicyclic) bond motifs is 3. The minimum atomic E-state index is -0.539. The van der Waals surface area contributed by atoms with E-state index in [1.165, 1.54) is 12.8 Å². The monoisotopic (exact) mass is 152 g/mol. The average Bonchev–Trinajstić information content (AvgIpc) is 2.79. The molecule has 3 saturated carbocycles. The minimum Gasteiger partial charge on any atom is -0.481 e. The third kappa shape index (κ3) is 0.700. The van der Waals surface area contributed by atoms with Crippen molar-refractivity contribution in [2.24, 2.45) is 29.6 Å². The number of aliphatic carboxylic acids is 1. The molecule has 0 spiro atoms. The first kappa shape index (κ1) is 6.04. The van der Waals surface area contributed by atoms with E-state index in [1.54, 1.807) is 0 Å². The number of carboxylic acid groups (broad SMARTS) is 1. The molecule has 60 valence electrons. The van der Waals surface area contributed by atoms with Gasteiger partial charge in [-0.15, -0.1) is 0 Å². The van der Waals surface area contributed by atoms with E-state index in [0.29, 0.717) is 5.92 Å². The van der Waals surface area contributed by atoms with Crippen LogP contribution in [0.15, 0.2) is 0 Å². The molecule has 0 amide bonds. The fourth-order valence-corrected chi connectivity index (χ4v) is 3.04. The lowest BCUT2D eigenvalue weighted by Gasteiger charge is -2.15. The molecule has 3 aliphatic carbocycles. The summed E-state index contributed by atoms with van der Waals surface area (Å²) in [7, 11) is 0. The van der Waals surface area contributed by atoms with Crippen LogP contribution in [0.3, 0.4) is 0 Å². The Hall–Kier alpha value is -0.530. The zero-order chi connectivity index (χ0) is 7.59. The third-order valence-corrected chi connectivity index (χ3v) is 3.81. The first-order valence-corrected chi connectivity index (χ1v) is 4.50. The van der Waals surface area contributed by atoms with Gasteiger partial charge in [0.2, 0.25) is 0 Å². The Balaban J connectivity index is 1.82. The molecule has 0 bridgehead atoms. The SMILES string of the molecule is O=C(O)C1CC2CC2C2CC12. The van der Waals surface area contributed by atoms with E-state index in [-0.39, 0.29) is 5.92 Å². The van der Waals surface area contributed by atoms with Gasteiger partial charge in [-0.05, 0) is 42.9 Å². The second-order valence-corrected chi connectivity index (χ2v) is 4.40. The summed E-state index contributed by atoms with van der Waals surface area (Å²) in [6, 6.07) is 0. The highest BCUT2D eigenvalue weighted by Gasteiger charge is 2.62. The average molecular weight is 152 g/mol. The van der Waals surface area contributed by atoms with Crippen LogP contribution < -0.4 is 0 Å². The van der Waals surface area contributed by atoms with Gasteiger partial charge < -0.3 is 5.11 Å². The van der Waals surface area contributed by atoms with Crippen molar-refractivity contribution in [3.63, 3.8) is 0 Å². The van der Waals surface area contributed by atoms with Gasteiger partial charge in [-0.25, -0.2) is 0 Å². The molecule has 1 N–H and O–H groups in total. The number of rotatable bonds is 1. The Morgan fingerprint density at radius 2 is 1.91 bits per heavy atom. The summed E-state index contributed by atoms with van der Waals surface area (Å²) in [5, 5.41) is 8.87. The fourth-order valence-electron chi connectivity index (χ4n) is 3.04. The molecule has 0 saturated heterocycles. The van der Waals surface area contributed by atoms with E-state index < -0.39 is 5.97 Å². The minimum absolute atomic E-state index is 0.0312. The molecule has 0 radical (unpaired) electrons. The Morgan fingerprint density at radius 3 is 2.64 bits per heavy atom. The van der Waals surface area contributed by atoms with Crippen molar-refractivity contribution in [1.82, 2.24) is 0 Å². The van der Waals surface area contributed by atoms with Crippen molar-refractivity contribution in [3.8, 4) is 0 Å². The Kier molecular flexibility index (Phi) is 0.890. The van der Waals surface area contributed by atoms with Gasteiger partial charge in [-0.1, -0.05) is 0 Å². The van der Waals surface area contributed by atoms with Crippen LogP contribution in [-0.2, 0) is 4.79 Å². The Morgan fingerprint density at radius 1 is 1.09 bits per heavy atom. The van der Waals surface area contributed by atoms with Crippen molar-refractivity contribution in [3.05, 3.63) is 0 Å². The van der Waals surface area contributed by atoms with Gasteiger partial charge in [0, 0.05) is 0 Å². The van der Waals surface area contributed by atoms with E-state index in [0.717, 1.165) is 24.2 Å². The lowest BCUT2D eigenvalue weighted by molar-refractivity contribution is -0.143. The molecular formula is C9H12O2. The summed E-state index contributed by atoms with van der Waals surface area (Å²) >= 11 is 0. The molecule has 11 heavy (non-hydrogen) atoms. The highest BCUT2D eigenvalue weighted by Crippen LogP contribution is 2.67. The molecule has 3 fully saturated rings. The van der Waals surface area contributed by atoms with E-state index in [4.69, 9.17) is 5.11 Å². The van der Waals surface area contributed by atoms with Crippen LogP contribution in [0.2, 0.25) is 0 Å². The van der Waals surface area contributed by atoms with Crippen LogP contribution in [0.5, 0.6) is 0 Å². The maximum absolute atomic E-state index is 10.8. The molecule has 2 heteroatoms. The number of hydrogen-bond acceptors (Lipinski definition) is 1. The summed E-state index contributed by atoms with van der Waals surface area (Å²) in [5.74, 6) is 2.66. The quantitative estimate of drug-likeness (QED) is 0.616. The lowest BCUT2D eigenvalue weighted by atomic mass is 9.89. The highest BCUT2D eigenvalue weighted by atomic mass is 16.4. The summed E-state index contributed by atoms with van der Waals surface area (Å²) in [4.78, 5) is 10.8. The second kappa shape index (κ2) is 1.62. The summed E-state index contributed by atoms with van der Waals surface area (Å²) in [6.45, 7) is 0. The van der Waals surface area contributed by atoms with Gasteiger partial charge in [-0.2, -0.15) is 0 Å². The molecule has 5 atom stereocenters. The molecule has 0 aliphatic heterocycles. The molecule has 3 rings (SSSR count). The van der Waals surface area contributed by atoms with Crippen LogP contribution in [0.4, 0.5) is 0 Å². The van der Waals surface area contributed by atoms with Crippen LogP contribution in [-0.4, -0.2) is 11.1 Å². The summed E-state index contributed by atoms with van der Waals surface area (Å²) in [5.41, 5.74) is 0. The predicted molar refractivity (Wildman–Crippen MR) is 38.9 cm³/mol. The van der Waals surface area contributed by atoms with Gasteiger partial charge in [0.25, 0.3) is 0 Å². The van der Waals surface area contributed by atoms with Crippen molar-refractivity contribution >= 4 is 5.97 Å². The topological polar surface area (TPSA) is 37.3 Å². The number of carbonyl (C=O) groups is 1. The molecule has 0 aromatic rings. The van der Waals surface area contributed by atoms with E-state index in [9.17, 15) is 4.79 Å². The maximum Gasteiger partial charge on any atom is 0.306 e. The highest BCUT2D eigenvalue weighted by molar-refractivity contribution is 5.71. The van der Waals surface area contributed by atoms with E-state index in [1.807, 2.05) is 0 Å². The Labute approximate surface area is 65.6 Å². The van der Waals surface area contributed by atoms with Gasteiger partial charge >= 0.3 is 5.97 Å². The van der Waals surface area contributed by atoms with Gasteiger partial charge in [0.15, 0.2) is 0 Å². The van der Waals surface area contributed by atoms with Crippen molar-refractivity contribution in [2.45, 2.75) is 19.3 Å². The van der Waals surface area contributed by atoms with Crippen molar-refractivity contribution < 1.29 is 9.90 Å². The van der Waals surface area contributed by atoms with E-state index in [2.05, 4.69) is 0 Å². The zero-order valence-corrected chi connectivity index (χ0v) is 6.36. The molecule has 3 aliphatic rings. The predicted octanol–water partition coefficient (Wildman–Crippen LogP) is 1.36. The van der Waals surface area contributed by atoms with Gasteiger partial charge in [0.05, 0.1) is 5.92 Å². The lowest BCUT2D eigenvalue weighted by Crippen LogP contribution is -2.21. The first-order chi connectivity index (χ1) is 5.27. The van der Waals surface area contributed by atoms with Crippen molar-refractivity contribution in [1.29, 1.82) is 0 Å². The second-order valence-electron chi connectivity index (χ2n) is 4.40. The first-order valence-electron chi connectivity index (χ1n) is 4.50. The summed E-state index contributed by atoms with van der Waals surface area (Å²) < 4.78 is 0. The Bertz CT molecular complexity index is 224. The molecular weight excluding hydrogens is 140 g/mol. The summed E-state index contributed by atoms with van der Waals surface area (Å²) in [6.07, 6.45) is 3.55. The van der Waals surface area contributed by atoms with Crippen LogP contribution in [0.1, 0.15) is 19.3 Å². The molecule has 0 aromatic carbocycles. The smallest absolute Gasteiger partial charge is 0.306 e. The fraction of sp³-hybridized carbons (Fsp3) is 0.889. The maximum atomic E-state index is 10.8. The standard InChI is InChI=1S/C9H12O2/c10-9(11)8-2-4-1-5(4)6-3-7(6)8/h4-8H,1-3H2,(H,10,11). The van der Waals surface area contributed by atoms with Gasteiger partial charge in [-0.3, -0.25) is 4.79 Å². The number of hydrogen-bond donors (Lipinski definition) is 1. The molecule has 0 aromatic heterocycles. The number of carboxylic acids is 1. The largest absolute Gasteiger partial charge is 0.481 e. The zero-order valence-electron chi connectivity index (χ0n) is 6.36. The normalized spacial score (nSPS) is 57.6. The van der Waals surface area contributed by atoms with Crippen molar-refractivity contribution in [2.75, 3.05) is 0 Å². The third-order valence-electron chi connectivity index (χ3n) is 3.81. The molecule has 5 unspecified atom stereocenters. The molecule has 0 heterocycles. The van der Waals surface area contributed by atoms with Crippen LogP contribution >= 0.6 is 0 Å². The van der Waals surface area contributed by atoms with E-state index >= 15 is 0 Å². The van der Waals surface area contributed by atoms with Crippen LogP contribution in [0.25, 0.3) is 0 Å². The van der Waals surface area contributed by atoms with Gasteiger partial charge in [0.1, 0.15) is 0 Å².